The topological polar surface area (TPSA) is 38.7 Å². The maximum Gasteiger partial charge on any atom is 0.261 e. The molecule has 4 aromatic rings. The predicted octanol–water partition coefficient (Wildman–Crippen LogP) is 6.75. The second-order valence-electron chi connectivity index (χ2n) is 11.2. The molecule has 208 valence electrons. The van der Waals surface area contributed by atoms with Gasteiger partial charge in [0.25, 0.3) is 8.32 Å². The lowest BCUT2D eigenvalue weighted by Crippen LogP contribution is -2.67. The van der Waals surface area contributed by atoms with E-state index in [1.807, 2.05) is 72.8 Å². The van der Waals surface area contributed by atoms with Gasteiger partial charge in [-0.25, -0.2) is 4.39 Å². The quantitative estimate of drug-likeness (QED) is 0.197. The average molecular weight is 555 g/mol. The van der Waals surface area contributed by atoms with E-state index in [0.717, 1.165) is 15.9 Å². The molecular formula is C35H39FO3Si. The summed E-state index contributed by atoms with van der Waals surface area (Å²) in [6.07, 6.45) is -1.20. The fourth-order valence-electron chi connectivity index (χ4n) is 5.23. The van der Waals surface area contributed by atoms with Crippen molar-refractivity contribution in [2.75, 3.05) is 6.61 Å². The second kappa shape index (κ2) is 13.3. The van der Waals surface area contributed by atoms with Crippen molar-refractivity contribution in [1.29, 1.82) is 0 Å². The molecule has 4 rings (SSSR count). The zero-order valence-corrected chi connectivity index (χ0v) is 24.6. The first-order valence-electron chi connectivity index (χ1n) is 13.7. The van der Waals surface area contributed by atoms with Crippen LogP contribution in [0.1, 0.15) is 38.3 Å². The lowest BCUT2D eigenvalue weighted by Gasteiger charge is -2.43. The van der Waals surface area contributed by atoms with E-state index in [2.05, 4.69) is 51.6 Å². The van der Waals surface area contributed by atoms with E-state index < -0.39 is 20.5 Å². The molecule has 0 fully saturated rings. The maximum absolute atomic E-state index is 13.9. The van der Waals surface area contributed by atoms with E-state index in [1.54, 1.807) is 6.07 Å². The van der Waals surface area contributed by atoms with Crippen LogP contribution in [0, 0.1) is 5.82 Å². The van der Waals surface area contributed by atoms with Crippen LogP contribution >= 0.6 is 0 Å². The summed E-state index contributed by atoms with van der Waals surface area (Å²) in [5.41, 5.74) is 2.39. The van der Waals surface area contributed by atoms with Crippen LogP contribution in [0.4, 0.5) is 4.39 Å². The number of rotatable bonds is 12. The summed E-state index contributed by atoms with van der Waals surface area (Å²) >= 11 is 0. The zero-order chi connectivity index (χ0) is 28.6. The molecule has 0 bridgehead atoms. The predicted molar refractivity (Wildman–Crippen MR) is 165 cm³/mol. The highest BCUT2D eigenvalue weighted by atomic mass is 28.4. The Hall–Kier alpha value is -3.35. The molecule has 0 radical (unpaired) electrons. The minimum atomic E-state index is -2.84. The van der Waals surface area contributed by atoms with Crippen molar-refractivity contribution >= 4 is 24.3 Å². The normalized spacial score (nSPS) is 13.5. The van der Waals surface area contributed by atoms with Gasteiger partial charge >= 0.3 is 0 Å². The van der Waals surface area contributed by atoms with Gasteiger partial charge in [0.05, 0.1) is 19.3 Å². The summed E-state index contributed by atoms with van der Waals surface area (Å²) < 4.78 is 27.2. The summed E-state index contributed by atoms with van der Waals surface area (Å²) in [7, 11) is -2.84. The van der Waals surface area contributed by atoms with Crippen molar-refractivity contribution in [3.05, 3.63) is 139 Å². The van der Waals surface area contributed by atoms with Crippen molar-refractivity contribution in [1.82, 2.24) is 0 Å². The number of hydrogen-bond donors (Lipinski definition) is 1. The molecule has 5 heteroatoms. The van der Waals surface area contributed by atoms with Gasteiger partial charge in [0.15, 0.2) is 0 Å². The highest BCUT2D eigenvalue weighted by molar-refractivity contribution is 6.99. The Morgan fingerprint density at radius 3 is 1.90 bits per heavy atom. The second-order valence-corrected chi connectivity index (χ2v) is 15.5. The molecule has 0 aliphatic rings. The highest BCUT2D eigenvalue weighted by Gasteiger charge is 2.50. The van der Waals surface area contributed by atoms with Gasteiger partial charge in [-0.2, -0.15) is 0 Å². The van der Waals surface area contributed by atoms with Crippen LogP contribution in [0.2, 0.25) is 5.04 Å². The van der Waals surface area contributed by atoms with Gasteiger partial charge in [-0.15, -0.1) is 0 Å². The number of hydrogen-bond acceptors (Lipinski definition) is 3. The van der Waals surface area contributed by atoms with Crippen molar-refractivity contribution in [3.63, 3.8) is 0 Å². The Morgan fingerprint density at radius 2 is 1.38 bits per heavy atom. The number of aliphatic hydroxyl groups is 1. The van der Waals surface area contributed by atoms with Crippen LogP contribution in [0.3, 0.4) is 0 Å². The average Bonchev–Trinajstić information content (AvgIpc) is 2.96. The van der Waals surface area contributed by atoms with Gasteiger partial charge < -0.3 is 14.3 Å². The molecule has 0 saturated heterocycles. The molecule has 4 aromatic carbocycles. The molecule has 0 aliphatic heterocycles. The van der Waals surface area contributed by atoms with E-state index in [4.69, 9.17) is 9.16 Å². The molecule has 0 aromatic heterocycles. The van der Waals surface area contributed by atoms with E-state index in [9.17, 15) is 9.50 Å². The molecule has 0 amide bonds. The lowest BCUT2D eigenvalue weighted by molar-refractivity contribution is -0.0592. The smallest absolute Gasteiger partial charge is 0.261 e. The van der Waals surface area contributed by atoms with Gasteiger partial charge in [0.2, 0.25) is 0 Å². The Kier molecular flexibility index (Phi) is 9.88. The summed E-state index contributed by atoms with van der Waals surface area (Å²) in [6.45, 7) is 11.2. The molecule has 2 atom stereocenters. The Balaban J connectivity index is 1.63. The summed E-state index contributed by atoms with van der Waals surface area (Å²) in [4.78, 5) is 0. The van der Waals surface area contributed by atoms with Crippen LogP contribution in [0.15, 0.2) is 122 Å². The Labute approximate surface area is 239 Å². The molecule has 0 saturated carbocycles. The van der Waals surface area contributed by atoms with Gasteiger partial charge in [-0.1, -0.05) is 130 Å². The summed E-state index contributed by atoms with van der Waals surface area (Å²) in [6, 6.07) is 36.9. The molecule has 0 aliphatic carbocycles. The molecule has 0 spiro atoms. The van der Waals surface area contributed by atoms with Crippen LogP contribution in [0.5, 0.6) is 0 Å². The number of aliphatic hydroxyl groups excluding tert-OH is 1. The monoisotopic (exact) mass is 554 g/mol. The Morgan fingerprint density at radius 1 is 0.825 bits per heavy atom. The van der Waals surface area contributed by atoms with E-state index in [-0.39, 0.29) is 17.5 Å². The van der Waals surface area contributed by atoms with Crippen LogP contribution < -0.4 is 10.4 Å². The molecule has 0 heterocycles. The van der Waals surface area contributed by atoms with E-state index in [1.165, 1.54) is 12.1 Å². The van der Waals surface area contributed by atoms with Crippen LogP contribution in [-0.4, -0.2) is 32.2 Å². The fourth-order valence-corrected chi connectivity index (χ4v) is 9.81. The summed E-state index contributed by atoms with van der Waals surface area (Å²) in [5, 5.41) is 13.7. The first kappa shape index (κ1) is 29.6. The standard InChI is InChI=1S/C35H39FO3Si/c1-27(29-17-14-18-30(36)24-29)23-34(38-25-28-15-8-5-9-16-28)33(37)26-39-40(35(2,3)4,31-19-10-6-11-20-31)32-21-12-7-13-22-32/h5-22,24,33-34,37H,1,23,25-26H2,2-4H3/t33-,34+/m1/s1. The Bertz CT molecular complexity index is 1310. The van der Waals surface area contributed by atoms with E-state index >= 15 is 0 Å². The maximum atomic E-state index is 13.9. The first-order chi connectivity index (χ1) is 19.2. The molecule has 3 nitrogen and oxygen atoms in total. The lowest BCUT2D eigenvalue weighted by atomic mass is 9.99. The van der Waals surface area contributed by atoms with Gasteiger partial charge in [-0.05, 0) is 44.2 Å². The SMILES string of the molecule is C=C(C[C@H](OCc1ccccc1)[C@H](O)CO[Si](c1ccccc1)(c1ccccc1)C(C)(C)C)c1cccc(F)c1. The van der Waals surface area contributed by atoms with Gasteiger partial charge in [0.1, 0.15) is 11.9 Å². The summed E-state index contributed by atoms with van der Waals surface area (Å²) in [5.74, 6) is -0.323. The van der Waals surface area contributed by atoms with Crippen molar-refractivity contribution in [3.8, 4) is 0 Å². The van der Waals surface area contributed by atoms with Gasteiger partial charge in [-0.3, -0.25) is 0 Å². The number of halogens is 1. The van der Waals surface area contributed by atoms with Crippen molar-refractivity contribution in [2.24, 2.45) is 0 Å². The van der Waals surface area contributed by atoms with Crippen LogP contribution in [-0.2, 0) is 15.8 Å². The third-order valence-corrected chi connectivity index (χ3v) is 12.3. The third kappa shape index (κ3) is 7.04. The third-order valence-electron chi connectivity index (χ3n) is 7.30. The number of benzene rings is 4. The van der Waals surface area contributed by atoms with Crippen molar-refractivity contribution in [2.45, 2.75) is 51.0 Å². The minimum absolute atomic E-state index is 0.0865. The molecule has 40 heavy (non-hydrogen) atoms. The molecular weight excluding hydrogens is 515 g/mol. The zero-order valence-electron chi connectivity index (χ0n) is 23.6. The van der Waals surface area contributed by atoms with Crippen molar-refractivity contribution < 1.29 is 18.7 Å². The fraction of sp³-hybridized carbons (Fsp3) is 0.257. The van der Waals surface area contributed by atoms with Gasteiger partial charge in [0, 0.05) is 6.42 Å². The highest BCUT2D eigenvalue weighted by Crippen LogP contribution is 2.37. The number of ether oxygens (including phenoxy) is 1. The largest absolute Gasteiger partial charge is 0.405 e. The van der Waals surface area contributed by atoms with Crippen LogP contribution in [0.25, 0.3) is 5.57 Å². The molecule has 0 unspecified atom stereocenters. The first-order valence-corrected chi connectivity index (χ1v) is 15.6. The van der Waals surface area contributed by atoms with E-state index in [0.29, 0.717) is 24.2 Å². The minimum Gasteiger partial charge on any atom is -0.405 e. The molecule has 1 N–H and O–H groups in total.